The average Bonchev–Trinajstić information content (AvgIpc) is 2.74. The van der Waals surface area contributed by atoms with Crippen LogP contribution in [0.3, 0.4) is 0 Å². The lowest BCUT2D eigenvalue weighted by atomic mass is 10.3. The third kappa shape index (κ3) is 1.98. The minimum atomic E-state index is -0.306. The maximum atomic E-state index is 11.6. The number of rotatable bonds is 2. The van der Waals surface area contributed by atoms with E-state index in [1.54, 1.807) is 18.3 Å². The largest absolute Gasteiger partial charge is 0.319 e. The molecular formula is C9H9N5O. The van der Waals surface area contributed by atoms with Gasteiger partial charge in [0.2, 0.25) is 0 Å². The molecule has 0 radical (unpaired) electrons. The maximum Gasteiger partial charge on any atom is 0.277 e. The van der Waals surface area contributed by atoms with E-state index in [1.165, 1.54) is 6.20 Å². The Kier molecular flexibility index (Phi) is 2.40. The summed E-state index contributed by atoms with van der Waals surface area (Å²) in [4.78, 5) is 15.6. The van der Waals surface area contributed by atoms with E-state index in [0.717, 1.165) is 5.69 Å². The Labute approximate surface area is 85.7 Å². The van der Waals surface area contributed by atoms with Crippen LogP contribution < -0.4 is 5.32 Å². The highest BCUT2D eigenvalue weighted by Gasteiger charge is 2.09. The SMILES string of the molecule is Cc1ncccc1NC(=O)c1cn[nH]n1. The molecule has 2 aromatic heterocycles. The number of amides is 1. The van der Waals surface area contributed by atoms with Crippen LogP contribution in [0.15, 0.2) is 24.5 Å². The summed E-state index contributed by atoms with van der Waals surface area (Å²) in [6, 6.07) is 3.53. The molecule has 0 aromatic carbocycles. The summed E-state index contributed by atoms with van der Waals surface area (Å²) in [5.41, 5.74) is 1.68. The monoisotopic (exact) mass is 203 g/mol. The zero-order chi connectivity index (χ0) is 10.7. The molecule has 0 saturated carbocycles. The fraction of sp³-hybridized carbons (Fsp3) is 0.111. The van der Waals surface area contributed by atoms with Crippen molar-refractivity contribution >= 4 is 11.6 Å². The van der Waals surface area contributed by atoms with Crippen molar-refractivity contribution < 1.29 is 4.79 Å². The minimum Gasteiger partial charge on any atom is -0.319 e. The summed E-state index contributed by atoms with van der Waals surface area (Å²) in [5.74, 6) is -0.306. The van der Waals surface area contributed by atoms with Crippen LogP contribution in [0.25, 0.3) is 0 Å². The predicted molar refractivity (Wildman–Crippen MR) is 53.3 cm³/mol. The normalized spacial score (nSPS) is 9.93. The van der Waals surface area contributed by atoms with Gasteiger partial charge in [0.1, 0.15) is 0 Å². The number of pyridine rings is 1. The van der Waals surface area contributed by atoms with Gasteiger partial charge in [0, 0.05) is 6.20 Å². The molecule has 6 nitrogen and oxygen atoms in total. The fourth-order valence-electron chi connectivity index (χ4n) is 1.11. The zero-order valence-electron chi connectivity index (χ0n) is 8.06. The first kappa shape index (κ1) is 9.32. The van der Waals surface area contributed by atoms with E-state index in [4.69, 9.17) is 0 Å². The zero-order valence-corrected chi connectivity index (χ0v) is 8.06. The molecule has 2 heterocycles. The fourth-order valence-corrected chi connectivity index (χ4v) is 1.11. The number of nitrogens with one attached hydrogen (secondary N) is 2. The van der Waals surface area contributed by atoms with Gasteiger partial charge in [-0.15, -0.1) is 0 Å². The Bertz CT molecular complexity index is 465. The number of aromatic amines is 1. The van der Waals surface area contributed by atoms with Gasteiger partial charge >= 0.3 is 0 Å². The van der Waals surface area contributed by atoms with Crippen molar-refractivity contribution in [3.05, 3.63) is 35.9 Å². The van der Waals surface area contributed by atoms with Crippen LogP contribution in [-0.2, 0) is 0 Å². The first-order valence-electron chi connectivity index (χ1n) is 4.36. The predicted octanol–water partition coefficient (Wildman–Crippen LogP) is 0.760. The van der Waals surface area contributed by atoms with Gasteiger partial charge in [0.25, 0.3) is 5.91 Å². The number of hydrogen-bond acceptors (Lipinski definition) is 4. The highest BCUT2D eigenvalue weighted by Crippen LogP contribution is 2.10. The number of hydrogen-bond donors (Lipinski definition) is 2. The van der Waals surface area contributed by atoms with E-state index in [1.807, 2.05) is 6.92 Å². The molecule has 0 unspecified atom stereocenters. The number of carbonyl (C=O) groups is 1. The molecule has 2 N–H and O–H groups in total. The summed E-state index contributed by atoms with van der Waals surface area (Å²) in [5, 5.41) is 12.3. The van der Waals surface area contributed by atoms with Crippen molar-refractivity contribution in [1.29, 1.82) is 0 Å². The molecule has 15 heavy (non-hydrogen) atoms. The first-order valence-corrected chi connectivity index (χ1v) is 4.36. The number of carbonyl (C=O) groups excluding carboxylic acids is 1. The Morgan fingerprint density at radius 2 is 2.40 bits per heavy atom. The first-order chi connectivity index (χ1) is 7.27. The lowest BCUT2D eigenvalue weighted by Gasteiger charge is -2.04. The second-order valence-electron chi connectivity index (χ2n) is 2.95. The number of H-pyrrole nitrogens is 1. The number of anilines is 1. The molecule has 0 saturated heterocycles. The van der Waals surface area contributed by atoms with Crippen molar-refractivity contribution in [1.82, 2.24) is 20.4 Å². The molecule has 0 fully saturated rings. The summed E-state index contributed by atoms with van der Waals surface area (Å²) in [7, 11) is 0. The number of aryl methyl sites for hydroxylation is 1. The molecule has 0 aliphatic heterocycles. The van der Waals surface area contributed by atoms with E-state index in [0.29, 0.717) is 5.69 Å². The van der Waals surface area contributed by atoms with Crippen LogP contribution in [0.4, 0.5) is 5.69 Å². The van der Waals surface area contributed by atoms with Crippen LogP contribution in [0.2, 0.25) is 0 Å². The average molecular weight is 203 g/mol. The Morgan fingerprint density at radius 3 is 3.07 bits per heavy atom. The van der Waals surface area contributed by atoms with Crippen LogP contribution in [-0.4, -0.2) is 26.3 Å². The molecule has 0 atom stereocenters. The Balaban J connectivity index is 2.17. The molecule has 1 amide bonds. The molecule has 6 heteroatoms. The number of nitrogens with zero attached hydrogens (tertiary/aromatic N) is 3. The third-order valence-corrected chi connectivity index (χ3v) is 1.90. The molecule has 76 valence electrons. The van der Waals surface area contributed by atoms with E-state index in [2.05, 4.69) is 25.7 Å². The minimum absolute atomic E-state index is 0.248. The van der Waals surface area contributed by atoms with Gasteiger partial charge in [-0.25, -0.2) is 0 Å². The second-order valence-corrected chi connectivity index (χ2v) is 2.95. The van der Waals surface area contributed by atoms with Crippen molar-refractivity contribution in [2.75, 3.05) is 5.32 Å². The summed E-state index contributed by atoms with van der Waals surface area (Å²) in [6.07, 6.45) is 3.03. The van der Waals surface area contributed by atoms with Crippen LogP contribution in [0.5, 0.6) is 0 Å². The van der Waals surface area contributed by atoms with Crippen molar-refractivity contribution in [3.63, 3.8) is 0 Å². The quantitative estimate of drug-likeness (QED) is 0.754. The lowest BCUT2D eigenvalue weighted by molar-refractivity contribution is 0.102. The molecule has 0 spiro atoms. The van der Waals surface area contributed by atoms with Crippen LogP contribution in [0.1, 0.15) is 16.2 Å². The summed E-state index contributed by atoms with van der Waals surface area (Å²) in [6.45, 7) is 1.82. The molecule has 0 aliphatic carbocycles. The van der Waals surface area contributed by atoms with E-state index >= 15 is 0 Å². The third-order valence-electron chi connectivity index (χ3n) is 1.90. The van der Waals surface area contributed by atoms with Gasteiger partial charge in [0.05, 0.1) is 17.6 Å². The lowest BCUT2D eigenvalue weighted by Crippen LogP contribution is -2.13. The van der Waals surface area contributed by atoms with Gasteiger partial charge in [0.15, 0.2) is 5.69 Å². The van der Waals surface area contributed by atoms with E-state index in [9.17, 15) is 4.79 Å². The van der Waals surface area contributed by atoms with Gasteiger partial charge in [-0.3, -0.25) is 9.78 Å². The van der Waals surface area contributed by atoms with Gasteiger partial charge in [-0.05, 0) is 19.1 Å². The van der Waals surface area contributed by atoms with Crippen molar-refractivity contribution in [2.45, 2.75) is 6.92 Å². The van der Waals surface area contributed by atoms with Crippen LogP contribution >= 0.6 is 0 Å². The maximum absolute atomic E-state index is 11.6. The smallest absolute Gasteiger partial charge is 0.277 e. The summed E-state index contributed by atoms with van der Waals surface area (Å²) >= 11 is 0. The Morgan fingerprint density at radius 1 is 1.53 bits per heavy atom. The Hall–Kier alpha value is -2.24. The molecule has 2 rings (SSSR count). The van der Waals surface area contributed by atoms with Crippen molar-refractivity contribution in [2.24, 2.45) is 0 Å². The molecule has 2 aromatic rings. The molecule has 0 aliphatic rings. The highest BCUT2D eigenvalue weighted by atomic mass is 16.2. The second kappa shape index (κ2) is 3.87. The van der Waals surface area contributed by atoms with Gasteiger partial charge in [-0.2, -0.15) is 15.4 Å². The van der Waals surface area contributed by atoms with Gasteiger partial charge < -0.3 is 5.32 Å². The molecular weight excluding hydrogens is 194 g/mol. The van der Waals surface area contributed by atoms with E-state index < -0.39 is 0 Å². The van der Waals surface area contributed by atoms with Gasteiger partial charge in [-0.1, -0.05) is 0 Å². The molecule has 0 bridgehead atoms. The highest BCUT2D eigenvalue weighted by molar-refractivity contribution is 6.02. The van der Waals surface area contributed by atoms with Crippen LogP contribution in [0, 0.1) is 6.92 Å². The number of aromatic nitrogens is 4. The standard InChI is InChI=1S/C9H9N5O/c1-6-7(3-2-4-10-6)12-9(15)8-5-11-14-13-8/h2-5H,1H3,(H,12,15)(H,11,13,14). The summed E-state index contributed by atoms with van der Waals surface area (Å²) < 4.78 is 0. The topological polar surface area (TPSA) is 83.6 Å². The van der Waals surface area contributed by atoms with E-state index in [-0.39, 0.29) is 11.6 Å². The van der Waals surface area contributed by atoms with Crippen molar-refractivity contribution in [3.8, 4) is 0 Å².